The molecule has 14 heavy (non-hydrogen) atoms. The molecule has 0 aliphatic heterocycles. The van der Waals surface area contributed by atoms with Gasteiger partial charge in [0.1, 0.15) is 5.82 Å². The van der Waals surface area contributed by atoms with E-state index in [-0.39, 0.29) is 0 Å². The number of nitrogens with two attached hydrogens (primary N) is 1. The lowest BCUT2D eigenvalue weighted by Gasteiger charge is -2.05. The average Bonchev–Trinajstić information content (AvgIpc) is 2.56. The number of anilines is 1. The number of nitrogen functional groups attached to an aromatic ring is 1. The summed E-state index contributed by atoms with van der Waals surface area (Å²) in [6.07, 6.45) is 3.60. The van der Waals surface area contributed by atoms with Gasteiger partial charge in [0.25, 0.3) is 0 Å². The van der Waals surface area contributed by atoms with Crippen molar-refractivity contribution >= 4 is 17.3 Å². The Morgan fingerprint density at radius 1 is 1.43 bits per heavy atom. The highest BCUT2D eigenvalue weighted by Crippen LogP contribution is 2.26. The van der Waals surface area contributed by atoms with Crippen LogP contribution in [-0.4, -0.2) is 9.55 Å². The number of halogens is 1. The van der Waals surface area contributed by atoms with Crippen molar-refractivity contribution in [2.75, 3.05) is 5.73 Å². The van der Waals surface area contributed by atoms with Gasteiger partial charge in [-0.1, -0.05) is 11.6 Å². The first kappa shape index (κ1) is 9.09. The molecule has 0 amide bonds. The monoisotopic (exact) mass is 207 g/mol. The minimum absolute atomic E-state index is 0.664. The molecule has 3 nitrogen and oxygen atoms in total. The summed E-state index contributed by atoms with van der Waals surface area (Å²) >= 11 is 5.89. The van der Waals surface area contributed by atoms with Gasteiger partial charge in [0.05, 0.1) is 0 Å². The fourth-order valence-corrected chi connectivity index (χ4v) is 1.52. The van der Waals surface area contributed by atoms with Crippen LogP contribution in [-0.2, 0) is 7.05 Å². The molecule has 4 heteroatoms. The molecule has 2 aromatic rings. The van der Waals surface area contributed by atoms with E-state index in [1.165, 1.54) is 0 Å². The van der Waals surface area contributed by atoms with Crippen molar-refractivity contribution in [2.45, 2.75) is 0 Å². The van der Waals surface area contributed by atoms with E-state index < -0.39 is 0 Å². The molecule has 0 aliphatic carbocycles. The summed E-state index contributed by atoms with van der Waals surface area (Å²) < 4.78 is 1.90. The van der Waals surface area contributed by atoms with Gasteiger partial charge in [-0.05, 0) is 18.2 Å². The molecule has 0 unspecified atom stereocenters. The van der Waals surface area contributed by atoms with Gasteiger partial charge in [0, 0.05) is 35.7 Å². The van der Waals surface area contributed by atoms with Gasteiger partial charge >= 0.3 is 0 Å². The van der Waals surface area contributed by atoms with Gasteiger partial charge in [0.2, 0.25) is 0 Å². The molecule has 0 saturated carbocycles. The highest BCUT2D eigenvalue weighted by molar-refractivity contribution is 6.31. The van der Waals surface area contributed by atoms with Crippen molar-refractivity contribution in [3.63, 3.8) is 0 Å². The maximum Gasteiger partial charge on any atom is 0.141 e. The van der Waals surface area contributed by atoms with Crippen molar-refractivity contribution < 1.29 is 0 Å². The number of nitrogens with zero attached hydrogens (tertiary/aromatic N) is 2. The van der Waals surface area contributed by atoms with Crippen LogP contribution in [0.25, 0.3) is 11.4 Å². The second-order valence-electron chi connectivity index (χ2n) is 3.09. The highest BCUT2D eigenvalue weighted by atomic mass is 35.5. The summed E-state index contributed by atoms with van der Waals surface area (Å²) in [7, 11) is 1.92. The number of aryl methyl sites for hydroxylation is 1. The Balaban J connectivity index is 2.62. The molecule has 2 rings (SSSR count). The predicted molar refractivity (Wildman–Crippen MR) is 58.1 cm³/mol. The van der Waals surface area contributed by atoms with E-state index in [1.54, 1.807) is 18.3 Å². The minimum Gasteiger partial charge on any atom is -0.398 e. The fraction of sp³-hybridized carbons (Fsp3) is 0.100. The molecular weight excluding hydrogens is 198 g/mol. The largest absolute Gasteiger partial charge is 0.398 e. The Hall–Kier alpha value is -1.48. The van der Waals surface area contributed by atoms with Crippen LogP contribution >= 0.6 is 11.6 Å². The third-order valence-electron chi connectivity index (χ3n) is 2.08. The number of imidazole rings is 1. The summed E-state index contributed by atoms with van der Waals surface area (Å²) in [5.41, 5.74) is 7.39. The molecule has 0 atom stereocenters. The zero-order valence-corrected chi connectivity index (χ0v) is 8.49. The number of hydrogen-bond donors (Lipinski definition) is 1. The summed E-state index contributed by atoms with van der Waals surface area (Å²) in [4.78, 5) is 4.21. The van der Waals surface area contributed by atoms with E-state index in [0.29, 0.717) is 10.7 Å². The topological polar surface area (TPSA) is 43.8 Å². The van der Waals surface area contributed by atoms with Crippen LogP contribution in [0.15, 0.2) is 30.6 Å². The molecule has 2 N–H and O–H groups in total. The van der Waals surface area contributed by atoms with Gasteiger partial charge in [-0.25, -0.2) is 4.98 Å². The van der Waals surface area contributed by atoms with E-state index >= 15 is 0 Å². The van der Waals surface area contributed by atoms with Crippen molar-refractivity contribution in [1.29, 1.82) is 0 Å². The van der Waals surface area contributed by atoms with Gasteiger partial charge in [-0.2, -0.15) is 0 Å². The normalized spacial score (nSPS) is 10.4. The maximum absolute atomic E-state index is 5.89. The molecule has 0 bridgehead atoms. The lowest BCUT2D eigenvalue weighted by atomic mass is 10.1. The molecule has 1 aromatic carbocycles. The Labute approximate surface area is 87.1 Å². The molecule has 72 valence electrons. The standard InChI is InChI=1S/C10H10ClN3/c1-14-5-4-13-10(14)8-6-7(11)2-3-9(8)12/h2-6H,12H2,1H3. The van der Waals surface area contributed by atoms with Crippen LogP contribution in [0.2, 0.25) is 5.02 Å². The predicted octanol–water partition coefficient (Wildman–Crippen LogP) is 2.32. The van der Waals surface area contributed by atoms with Crippen molar-refractivity contribution in [3.05, 3.63) is 35.6 Å². The molecule has 0 saturated heterocycles. The first-order valence-electron chi connectivity index (χ1n) is 4.21. The first-order valence-corrected chi connectivity index (χ1v) is 4.59. The molecule has 0 spiro atoms. The molecule has 0 aliphatic rings. The van der Waals surface area contributed by atoms with Crippen LogP contribution in [0.5, 0.6) is 0 Å². The minimum atomic E-state index is 0.664. The third kappa shape index (κ3) is 1.46. The highest BCUT2D eigenvalue weighted by Gasteiger charge is 2.07. The van der Waals surface area contributed by atoms with Crippen LogP contribution in [0.1, 0.15) is 0 Å². The van der Waals surface area contributed by atoms with Crippen LogP contribution < -0.4 is 5.73 Å². The summed E-state index contributed by atoms with van der Waals surface area (Å²) in [5.74, 6) is 0.824. The van der Waals surface area contributed by atoms with Crippen molar-refractivity contribution in [1.82, 2.24) is 9.55 Å². The lowest BCUT2D eigenvalue weighted by Crippen LogP contribution is -1.96. The quantitative estimate of drug-likeness (QED) is 0.730. The Kier molecular flexibility index (Phi) is 2.17. The SMILES string of the molecule is Cn1ccnc1-c1cc(Cl)ccc1N. The molecular formula is C10H10ClN3. The number of hydrogen-bond acceptors (Lipinski definition) is 2. The van der Waals surface area contributed by atoms with Crippen molar-refractivity contribution in [3.8, 4) is 11.4 Å². The van der Waals surface area contributed by atoms with Crippen LogP contribution in [0.3, 0.4) is 0 Å². The van der Waals surface area contributed by atoms with Crippen molar-refractivity contribution in [2.24, 2.45) is 7.05 Å². The number of rotatable bonds is 1. The van der Waals surface area contributed by atoms with Gasteiger partial charge in [-0.3, -0.25) is 0 Å². The smallest absolute Gasteiger partial charge is 0.141 e. The van der Waals surface area contributed by atoms with Crippen LogP contribution in [0, 0.1) is 0 Å². The van der Waals surface area contributed by atoms with Gasteiger partial charge in [0.15, 0.2) is 0 Å². The van der Waals surface area contributed by atoms with Crippen LogP contribution in [0.4, 0.5) is 5.69 Å². The number of benzene rings is 1. The van der Waals surface area contributed by atoms with Gasteiger partial charge in [-0.15, -0.1) is 0 Å². The average molecular weight is 208 g/mol. The zero-order valence-electron chi connectivity index (χ0n) is 7.74. The molecule has 1 aromatic heterocycles. The Morgan fingerprint density at radius 3 is 2.86 bits per heavy atom. The van der Waals surface area contributed by atoms with Gasteiger partial charge < -0.3 is 10.3 Å². The van der Waals surface area contributed by atoms with E-state index in [0.717, 1.165) is 11.4 Å². The van der Waals surface area contributed by atoms with E-state index in [4.69, 9.17) is 17.3 Å². The van der Waals surface area contributed by atoms with E-state index in [9.17, 15) is 0 Å². The summed E-state index contributed by atoms with van der Waals surface area (Å²) in [5, 5.41) is 0.664. The maximum atomic E-state index is 5.89. The lowest BCUT2D eigenvalue weighted by molar-refractivity contribution is 0.925. The second-order valence-corrected chi connectivity index (χ2v) is 3.53. The second kappa shape index (κ2) is 3.35. The molecule has 0 radical (unpaired) electrons. The number of aromatic nitrogens is 2. The Bertz CT molecular complexity index is 462. The third-order valence-corrected chi connectivity index (χ3v) is 2.31. The summed E-state index contributed by atoms with van der Waals surface area (Å²) in [6.45, 7) is 0. The van der Waals surface area contributed by atoms with E-state index in [2.05, 4.69) is 4.98 Å². The zero-order chi connectivity index (χ0) is 10.1. The summed E-state index contributed by atoms with van der Waals surface area (Å²) in [6, 6.07) is 5.37. The Morgan fingerprint density at radius 2 is 2.21 bits per heavy atom. The molecule has 0 fully saturated rings. The molecule has 1 heterocycles. The van der Waals surface area contributed by atoms with E-state index in [1.807, 2.05) is 23.9 Å². The first-order chi connectivity index (χ1) is 6.68. The fourth-order valence-electron chi connectivity index (χ4n) is 1.35.